The third-order valence-electron chi connectivity index (χ3n) is 4.20. The van der Waals surface area contributed by atoms with Crippen LogP contribution in [0.15, 0.2) is 18.2 Å². The van der Waals surface area contributed by atoms with Crippen molar-refractivity contribution < 1.29 is 14.7 Å². The smallest absolute Gasteiger partial charge is 0.303 e. The molecule has 1 aliphatic heterocycles. The number of carbonyl (C=O) groups excluding carboxylic acids is 1. The van der Waals surface area contributed by atoms with Crippen LogP contribution in [0.3, 0.4) is 0 Å². The van der Waals surface area contributed by atoms with Gasteiger partial charge in [0.25, 0.3) is 5.91 Å². The number of amides is 1. The molecule has 1 aromatic rings. The van der Waals surface area contributed by atoms with Gasteiger partial charge >= 0.3 is 5.97 Å². The predicted molar refractivity (Wildman–Crippen MR) is 81.4 cm³/mol. The topological polar surface area (TPSA) is 57.6 Å². The maximum Gasteiger partial charge on any atom is 0.303 e. The first-order valence-corrected chi connectivity index (χ1v) is 7.55. The van der Waals surface area contributed by atoms with E-state index in [1.807, 2.05) is 36.9 Å². The molecule has 1 heterocycles. The number of carbonyl (C=O) groups is 2. The first kappa shape index (κ1) is 15.5. The first-order valence-electron chi connectivity index (χ1n) is 7.55. The monoisotopic (exact) mass is 289 g/mol. The SMILES string of the molecule is Cc1ccc(C)c(C(=O)N2CCCC(CCC(=O)O)C2)c1. The fourth-order valence-electron chi connectivity index (χ4n) is 2.95. The van der Waals surface area contributed by atoms with Gasteiger partial charge in [0, 0.05) is 25.1 Å². The normalized spacial score (nSPS) is 18.6. The van der Waals surface area contributed by atoms with Crippen molar-refractivity contribution in [3.05, 3.63) is 34.9 Å². The maximum atomic E-state index is 12.7. The van der Waals surface area contributed by atoms with Crippen molar-refractivity contribution in [2.24, 2.45) is 5.92 Å². The van der Waals surface area contributed by atoms with Crippen molar-refractivity contribution >= 4 is 11.9 Å². The Morgan fingerprint density at radius 1 is 1.33 bits per heavy atom. The second-order valence-electron chi connectivity index (χ2n) is 6.01. The number of rotatable bonds is 4. The molecule has 0 spiro atoms. The molecule has 0 aromatic heterocycles. The summed E-state index contributed by atoms with van der Waals surface area (Å²) in [6, 6.07) is 5.94. The molecule has 1 aliphatic rings. The van der Waals surface area contributed by atoms with Crippen LogP contribution < -0.4 is 0 Å². The standard InChI is InChI=1S/C17H23NO3/c1-12-5-6-13(2)15(10-12)17(21)18-9-3-4-14(11-18)7-8-16(19)20/h5-6,10,14H,3-4,7-9,11H2,1-2H3,(H,19,20). The average Bonchev–Trinajstić information content (AvgIpc) is 2.47. The van der Waals surface area contributed by atoms with Gasteiger partial charge in [-0.15, -0.1) is 0 Å². The van der Waals surface area contributed by atoms with Crippen molar-refractivity contribution in [1.29, 1.82) is 0 Å². The molecule has 1 aromatic carbocycles. The van der Waals surface area contributed by atoms with Gasteiger partial charge in [-0.2, -0.15) is 0 Å². The minimum atomic E-state index is -0.757. The van der Waals surface area contributed by atoms with E-state index in [2.05, 4.69) is 0 Å². The summed E-state index contributed by atoms with van der Waals surface area (Å²) in [7, 11) is 0. The molecule has 1 atom stereocenters. The summed E-state index contributed by atoms with van der Waals surface area (Å²) in [5, 5.41) is 8.78. The number of likely N-dealkylation sites (tertiary alicyclic amines) is 1. The third-order valence-corrected chi connectivity index (χ3v) is 4.20. The second-order valence-corrected chi connectivity index (χ2v) is 6.01. The van der Waals surface area contributed by atoms with E-state index < -0.39 is 5.97 Å². The Kier molecular flexibility index (Phi) is 4.99. The number of carboxylic acids is 1. The van der Waals surface area contributed by atoms with Crippen LogP contribution in [0.5, 0.6) is 0 Å². The van der Waals surface area contributed by atoms with Crippen LogP contribution in [0, 0.1) is 19.8 Å². The highest BCUT2D eigenvalue weighted by Crippen LogP contribution is 2.23. The summed E-state index contributed by atoms with van der Waals surface area (Å²) >= 11 is 0. The Morgan fingerprint density at radius 3 is 2.81 bits per heavy atom. The van der Waals surface area contributed by atoms with E-state index in [-0.39, 0.29) is 12.3 Å². The molecule has 1 fully saturated rings. The Bertz CT molecular complexity index is 539. The van der Waals surface area contributed by atoms with Crippen LogP contribution in [0.4, 0.5) is 0 Å². The van der Waals surface area contributed by atoms with Gasteiger partial charge in [-0.25, -0.2) is 0 Å². The van der Waals surface area contributed by atoms with Crippen molar-refractivity contribution in [2.75, 3.05) is 13.1 Å². The zero-order valence-corrected chi connectivity index (χ0v) is 12.8. The van der Waals surface area contributed by atoms with Crippen molar-refractivity contribution in [1.82, 2.24) is 4.90 Å². The molecule has 0 bridgehead atoms. The maximum absolute atomic E-state index is 12.7. The molecular formula is C17H23NO3. The van der Waals surface area contributed by atoms with Crippen LogP contribution in [0.25, 0.3) is 0 Å². The highest BCUT2D eigenvalue weighted by molar-refractivity contribution is 5.95. The molecular weight excluding hydrogens is 266 g/mol. The number of aryl methyl sites for hydroxylation is 2. The summed E-state index contributed by atoms with van der Waals surface area (Å²) in [6.45, 7) is 5.40. The fraction of sp³-hybridized carbons (Fsp3) is 0.529. The predicted octanol–water partition coefficient (Wildman–Crippen LogP) is 3.02. The van der Waals surface area contributed by atoms with E-state index in [0.29, 0.717) is 18.9 Å². The van der Waals surface area contributed by atoms with Crippen LogP contribution in [-0.4, -0.2) is 35.0 Å². The van der Waals surface area contributed by atoms with E-state index in [1.54, 1.807) is 0 Å². The molecule has 0 radical (unpaired) electrons. The summed E-state index contributed by atoms with van der Waals surface area (Å²) in [6.07, 6.45) is 2.83. The molecule has 4 nitrogen and oxygen atoms in total. The number of hydrogen-bond acceptors (Lipinski definition) is 2. The molecule has 114 valence electrons. The lowest BCUT2D eigenvalue weighted by Gasteiger charge is -2.33. The average molecular weight is 289 g/mol. The van der Waals surface area contributed by atoms with Crippen LogP contribution >= 0.6 is 0 Å². The zero-order chi connectivity index (χ0) is 15.4. The highest BCUT2D eigenvalue weighted by atomic mass is 16.4. The van der Waals surface area contributed by atoms with E-state index in [9.17, 15) is 9.59 Å². The molecule has 0 aliphatic carbocycles. The lowest BCUT2D eigenvalue weighted by Crippen LogP contribution is -2.40. The molecule has 1 unspecified atom stereocenters. The van der Waals surface area contributed by atoms with Gasteiger partial charge < -0.3 is 10.0 Å². The molecule has 0 saturated carbocycles. The molecule has 2 rings (SSSR count). The van der Waals surface area contributed by atoms with Gasteiger partial charge in [0.05, 0.1) is 0 Å². The van der Waals surface area contributed by atoms with Crippen LogP contribution in [0.2, 0.25) is 0 Å². The largest absolute Gasteiger partial charge is 0.481 e. The Labute approximate surface area is 125 Å². The number of hydrogen-bond donors (Lipinski definition) is 1. The van der Waals surface area contributed by atoms with Gasteiger partial charge in [0.15, 0.2) is 0 Å². The zero-order valence-electron chi connectivity index (χ0n) is 12.8. The fourth-order valence-corrected chi connectivity index (χ4v) is 2.95. The molecule has 4 heteroatoms. The van der Waals surface area contributed by atoms with Crippen LogP contribution in [0.1, 0.15) is 47.2 Å². The van der Waals surface area contributed by atoms with Gasteiger partial charge in [0.2, 0.25) is 0 Å². The minimum absolute atomic E-state index is 0.0798. The lowest BCUT2D eigenvalue weighted by atomic mass is 9.92. The van der Waals surface area contributed by atoms with Gasteiger partial charge in [-0.3, -0.25) is 9.59 Å². The highest BCUT2D eigenvalue weighted by Gasteiger charge is 2.25. The molecule has 1 N–H and O–H groups in total. The van der Waals surface area contributed by atoms with E-state index in [1.165, 1.54) is 0 Å². The van der Waals surface area contributed by atoms with Crippen molar-refractivity contribution in [2.45, 2.75) is 39.5 Å². The Balaban J connectivity index is 2.05. The van der Waals surface area contributed by atoms with E-state index >= 15 is 0 Å². The number of piperidine rings is 1. The number of nitrogens with zero attached hydrogens (tertiary/aromatic N) is 1. The summed E-state index contributed by atoms with van der Waals surface area (Å²) < 4.78 is 0. The Hall–Kier alpha value is -1.84. The second kappa shape index (κ2) is 6.74. The van der Waals surface area contributed by atoms with Gasteiger partial charge in [-0.1, -0.05) is 17.7 Å². The third kappa shape index (κ3) is 4.06. The minimum Gasteiger partial charge on any atom is -0.481 e. The summed E-state index contributed by atoms with van der Waals surface area (Å²) in [5.74, 6) is -0.367. The summed E-state index contributed by atoms with van der Waals surface area (Å²) in [5.41, 5.74) is 2.86. The molecule has 1 saturated heterocycles. The summed E-state index contributed by atoms with van der Waals surface area (Å²) in [4.78, 5) is 25.2. The molecule has 1 amide bonds. The quantitative estimate of drug-likeness (QED) is 0.927. The number of aliphatic carboxylic acids is 1. The van der Waals surface area contributed by atoms with E-state index in [0.717, 1.165) is 36.1 Å². The van der Waals surface area contributed by atoms with Gasteiger partial charge in [-0.05, 0) is 50.7 Å². The van der Waals surface area contributed by atoms with Gasteiger partial charge in [0.1, 0.15) is 0 Å². The van der Waals surface area contributed by atoms with Crippen molar-refractivity contribution in [3.8, 4) is 0 Å². The first-order chi connectivity index (χ1) is 9.97. The van der Waals surface area contributed by atoms with Crippen LogP contribution in [-0.2, 0) is 4.79 Å². The number of benzene rings is 1. The molecule has 21 heavy (non-hydrogen) atoms. The lowest BCUT2D eigenvalue weighted by molar-refractivity contribution is -0.137. The Morgan fingerprint density at radius 2 is 2.10 bits per heavy atom. The van der Waals surface area contributed by atoms with Crippen molar-refractivity contribution in [3.63, 3.8) is 0 Å². The number of carboxylic acid groups (broad SMARTS) is 1. The van der Waals surface area contributed by atoms with E-state index in [4.69, 9.17) is 5.11 Å².